The van der Waals surface area contributed by atoms with Crippen molar-refractivity contribution in [2.75, 3.05) is 4.90 Å². The quantitative estimate of drug-likeness (QED) is 0.132. The van der Waals surface area contributed by atoms with E-state index in [0.29, 0.717) is 40.5 Å². The maximum absolute atomic E-state index is 15.2. The molecule has 9 nitrogen and oxygen atoms in total. The van der Waals surface area contributed by atoms with Crippen molar-refractivity contribution >= 4 is 73.8 Å². The Bertz CT molecular complexity index is 2480. The number of amides is 4. The average molecular weight is 777 g/mol. The number of likely N-dealkylation sites (tertiary alicyclic amines) is 1. The summed E-state index contributed by atoms with van der Waals surface area (Å²) in [7, 11) is 1.73. The van der Waals surface area contributed by atoms with Crippen molar-refractivity contribution in [3.8, 4) is 16.3 Å². The third kappa shape index (κ3) is 4.90. The Morgan fingerprint density at radius 3 is 2.63 bits per heavy atom. The zero-order valence-electron chi connectivity index (χ0n) is 29.9. The maximum atomic E-state index is 15.2. The first kappa shape index (κ1) is 34.9. The molecule has 9 rings (SSSR count). The van der Waals surface area contributed by atoms with Gasteiger partial charge in [0.05, 0.1) is 34.6 Å². The van der Waals surface area contributed by atoms with E-state index in [9.17, 15) is 19.5 Å². The molecule has 54 heavy (non-hydrogen) atoms. The summed E-state index contributed by atoms with van der Waals surface area (Å²) < 4.78 is 2.62. The number of hydrogen-bond acceptors (Lipinski definition) is 8. The summed E-state index contributed by atoms with van der Waals surface area (Å²) in [6.07, 6.45) is 4.69. The summed E-state index contributed by atoms with van der Waals surface area (Å²) in [5.41, 5.74) is 2.33. The van der Waals surface area contributed by atoms with E-state index in [4.69, 9.17) is 16.7 Å². The van der Waals surface area contributed by atoms with Gasteiger partial charge in [-0.25, -0.2) is 4.90 Å². The predicted molar refractivity (Wildman–Crippen MR) is 210 cm³/mol. The SMILES string of the molecule is C=CCc1cccc(C2C3=CCC4C(=O)N(Cc5cccs5)C(=O)C4C3CC3C(=O)N(c4cc(-c5sc6ccc(Cl)cc6c5C)nn4C)C(=O)C32C)c1O. The Balaban J connectivity index is 1.16. The van der Waals surface area contributed by atoms with E-state index in [-0.39, 0.29) is 42.3 Å². The number of fused-ring (bicyclic) bond motifs is 5. The molecular weight excluding hydrogens is 740 g/mol. The summed E-state index contributed by atoms with van der Waals surface area (Å²) in [5.74, 6) is -4.10. The molecule has 3 aromatic heterocycles. The fraction of sp³-hybridized carbons (Fsp3) is 0.310. The van der Waals surface area contributed by atoms with Gasteiger partial charge in [-0.2, -0.15) is 5.10 Å². The number of anilines is 1. The summed E-state index contributed by atoms with van der Waals surface area (Å²) in [6, 6.07) is 16.8. The molecule has 2 aliphatic carbocycles. The molecule has 1 N–H and O–H groups in total. The minimum atomic E-state index is -1.31. The van der Waals surface area contributed by atoms with Crippen LogP contribution in [0.1, 0.15) is 47.3 Å². The molecule has 0 radical (unpaired) electrons. The van der Waals surface area contributed by atoms with Crippen LogP contribution in [-0.2, 0) is 39.2 Å². The van der Waals surface area contributed by atoms with Crippen molar-refractivity contribution in [1.29, 1.82) is 0 Å². The molecule has 6 unspecified atom stereocenters. The van der Waals surface area contributed by atoms with Crippen LogP contribution in [0.25, 0.3) is 20.7 Å². The molecule has 0 spiro atoms. The monoisotopic (exact) mass is 776 g/mol. The topological polar surface area (TPSA) is 113 Å². The maximum Gasteiger partial charge on any atom is 0.242 e. The molecule has 6 atom stereocenters. The summed E-state index contributed by atoms with van der Waals surface area (Å²) in [5, 5.41) is 20.2. The van der Waals surface area contributed by atoms with Gasteiger partial charge in [0.15, 0.2) is 0 Å². The van der Waals surface area contributed by atoms with Gasteiger partial charge in [-0.3, -0.25) is 28.8 Å². The second-order valence-electron chi connectivity index (χ2n) is 15.1. The number of benzene rings is 2. The highest BCUT2D eigenvalue weighted by atomic mass is 35.5. The van der Waals surface area contributed by atoms with Crippen LogP contribution < -0.4 is 4.90 Å². The molecule has 274 valence electrons. The average Bonchev–Trinajstić information content (AvgIpc) is 3.96. The zero-order valence-corrected chi connectivity index (χ0v) is 32.3. The van der Waals surface area contributed by atoms with Crippen LogP contribution in [0.3, 0.4) is 0 Å². The van der Waals surface area contributed by atoms with Gasteiger partial charge in [0.25, 0.3) is 0 Å². The number of nitrogens with zero attached hydrogens (tertiary/aromatic N) is 4. The van der Waals surface area contributed by atoms with E-state index in [2.05, 4.69) is 6.58 Å². The lowest BCUT2D eigenvalue weighted by Crippen LogP contribution is -2.49. The molecule has 5 aromatic rings. The van der Waals surface area contributed by atoms with Crippen LogP contribution in [0.15, 0.2) is 84.3 Å². The molecule has 4 amide bonds. The third-order valence-electron chi connectivity index (χ3n) is 12.3. The van der Waals surface area contributed by atoms with Gasteiger partial charge >= 0.3 is 0 Å². The third-order valence-corrected chi connectivity index (χ3v) is 14.7. The van der Waals surface area contributed by atoms with Crippen LogP contribution in [0.2, 0.25) is 5.02 Å². The standard InChI is InChI=1S/C42H37ClN4O5S2/c1-5-8-22-9-6-11-27(36(22)48)35-25-13-14-26-34(40(51)46(38(26)49)20-24-10-7-16-53-24)29(25)18-30-39(50)47(41(52)42(30,35)3)33-19-31(44-45(33)4)37-21(2)28-17-23(43)12-15-32(28)54-37/h5-7,9-13,15-17,19,26,29-30,34-35,48H,1,8,14,18,20H2,2-4H3. The minimum Gasteiger partial charge on any atom is -0.507 e. The van der Waals surface area contributed by atoms with E-state index >= 15 is 4.79 Å². The largest absolute Gasteiger partial charge is 0.507 e. The van der Waals surface area contributed by atoms with Crippen molar-refractivity contribution in [3.63, 3.8) is 0 Å². The number of imide groups is 2. The van der Waals surface area contributed by atoms with Gasteiger partial charge in [0.2, 0.25) is 23.6 Å². The molecule has 4 aliphatic rings. The fourth-order valence-corrected chi connectivity index (χ4v) is 11.7. The van der Waals surface area contributed by atoms with Gasteiger partial charge in [0, 0.05) is 39.2 Å². The number of phenols is 1. The number of aromatic nitrogens is 2. The number of hydrogen-bond donors (Lipinski definition) is 1. The lowest BCUT2D eigenvalue weighted by atomic mass is 9.51. The van der Waals surface area contributed by atoms with Crippen LogP contribution >= 0.6 is 34.3 Å². The molecule has 0 bridgehead atoms. The second-order valence-corrected chi connectivity index (χ2v) is 17.6. The normalized spacial score (nSPS) is 26.4. The highest BCUT2D eigenvalue weighted by Crippen LogP contribution is 2.64. The van der Waals surface area contributed by atoms with Crippen LogP contribution in [0.5, 0.6) is 5.75 Å². The number of carbonyl (C=O) groups is 4. The van der Waals surface area contributed by atoms with Crippen molar-refractivity contribution in [2.45, 2.75) is 45.6 Å². The molecule has 3 fully saturated rings. The molecule has 2 saturated heterocycles. The van der Waals surface area contributed by atoms with Crippen molar-refractivity contribution < 1.29 is 24.3 Å². The van der Waals surface area contributed by atoms with Crippen LogP contribution in [0, 0.1) is 36.0 Å². The number of carbonyl (C=O) groups excluding carboxylic acids is 4. The number of thiophene rings is 2. The molecule has 12 heteroatoms. The molecule has 2 aromatic carbocycles. The van der Waals surface area contributed by atoms with E-state index in [1.54, 1.807) is 35.2 Å². The first-order valence-electron chi connectivity index (χ1n) is 18.0. The number of phenolic OH excluding ortho intramolecular Hbond substituents is 1. The number of para-hydroxylation sites is 1. The lowest BCUT2D eigenvalue weighted by Gasteiger charge is -2.49. The molecule has 1 saturated carbocycles. The Kier molecular flexibility index (Phi) is 8.15. The first-order chi connectivity index (χ1) is 25.9. The smallest absolute Gasteiger partial charge is 0.242 e. The minimum absolute atomic E-state index is 0.0426. The second kappa shape index (κ2) is 12.6. The molecule has 2 aliphatic heterocycles. The molecular formula is C42H37ClN4O5S2. The van der Waals surface area contributed by atoms with Crippen molar-refractivity contribution in [3.05, 3.63) is 111 Å². The summed E-state index contributed by atoms with van der Waals surface area (Å²) in [6.45, 7) is 7.91. The Labute approximate surface area is 325 Å². The predicted octanol–water partition coefficient (Wildman–Crippen LogP) is 8.19. The van der Waals surface area contributed by atoms with E-state index < -0.39 is 35.0 Å². The Morgan fingerprint density at radius 1 is 1.06 bits per heavy atom. The van der Waals surface area contributed by atoms with Gasteiger partial charge in [0.1, 0.15) is 17.3 Å². The zero-order chi connectivity index (χ0) is 37.8. The van der Waals surface area contributed by atoms with Crippen LogP contribution in [0.4, 0.5) is 5.82 Å². The number of aromatic hydroxyl groups is 1. The van der Waals surface area contributed by atoms with Gasteiger partial charge < -0.3 is 5.11 Å². The number of rotatable bonds is 7. The number of halogens is 1. The summed E-state index contributed by atoms with van der Waals surface area (Å²) in [4.78, 5) is 62.7. The van der Waals surface area contributed by atoms with Gasteiger partial charge in [-0.1, -0.05) is 53.6 Å². The van der Waals surface area contributed by atoms with Gasteiger partial charge in [-0.05, 0) is 85.2 Å². The van der Waals surface area contributed by atoms with E-state index in [1.807, 2.05) is 73.8 Å². The van der Waals surface area contributed by atoms with Crippen molar-refractivity contribution in [1.82, 2.24) is 14.7 Å². The van der Waals surface area contributed by atoms with Crippen LogP contribution in [-0.4, -0.2) is 43.4 Å². The molecule has 5 heterocycles. The van der Waals surface area contributed by atoms with E-state index in [0.717, 1.165) is 31.0 Å². The highest BCUT2D eigenvalue weighted by molar-refractivity contribution is 7.22. The fourth-order valence-electron chi connectivity index (χ4n) is 9.74. The lowest BCUT2D eigenvalue weighted by molar-refractivity contribution is -0.141. The van der Waals surface area contributed by atoms with Gasteiger partial charge in [-0.15, -0.1) is 29.3 Å². The Hall–Kier alpha value is -4.84. The summed E-state index contributed by atoms with van der Waals surface area (Å²) >= 11 is 9.39. The first-order valence-corrected chi connectivity index (χ1v) is 20.1. The number of aryl methyl sites for hydroxylation is 2. The highest BCUT2D eigenvalue weighted by Gasteiger charge is 2.68. The Morgan fingerprint density at radius 2 is 1.87 bits per heavy atom. The van der Waals surface area contributed by atoms with E-state index in [1.165, 1.54) is 21.1 Å². The van der Waals surface area contributed by atoms with Crippen molar-refractivity contribution in [2.24, 2.45) is 36.1 Å². The number of allylic oxidation sites excluding steroid dienone is 3.